The van der Waals surface area contributed by atoms with Crippen molar-refractivity contribution in [3.8, 4) is 5.75 Å². The van der Waals surface area contributed by atoms with Crippen molar-refractivity contribution in [1.82, 2.24) is 4.98 Å². The van der Waals surface area contributed by atoms with E-state index in [1.165, 1.54) is 0 Å². The quantitative estimate of drug-likeness (QED) is 0.794. The maximum absolute atomic E-state index is 12.0. The third-order valence-corrected chi connectivity index (χ3v) is 3.43. The largest absolute Gasteiger partial charge is 0.481 e. The van der Waals surface area contributed by atoms with Crippen LogP contribution in [0, 0.1) is 0 Å². The summed E-state index contributed by atoms with van der Waals surface area (Å²) in [7, 11) is 0. The first-order chi connectivity index (χ1) is 10.7. The highest BCUT2D eigenvalue weighted by Gasteiger charge is 2.08. The van der Waals surface area contributed by atoms with Crippen molar-refractivity contribution in [3.63, 3.8) is 0 Å². The number of aromatic nitrogens is 1. The van der Waals surface area contributed by atoms with Crippen LogP contribution in [0.4, 0.5) is 5.69 Å². The number of carbonyl (C=O) groups excluding carboxylic acids is 1. The van der Waals surface area contributed by atoms with Crippen molar-refractivity contribution < 1.29 is 9.53 Å². The van der Waals surface area contributed by atoms with E-state index in [9.17, 15) is 4.79 Å². The molecule has 1 amide bonds. The van der Waals surface area contributed by atoms with Crippen LogP contribution in [0.3, 0.4) is 0 Å². The summed E-state index contributed by atoms with van der Waals surface area (Å²) in [6.07, 6.45) is 1.69. The van der Waals surface area contributed by atoms with Crippen LogP contribution >= 0.6 is 11.6 Å². The zero-order valence-electron chi connectivity index (χ0n) is 11.6. The van der Waals surface area contributed by atoms with Gasteiger partial charge in [0.05, 0.1) is 10.7 Å². The highest BCUT2D eigenvalue weighted by Crippen LogP contribution is 2.23. The molecule has 4 nitrogen and oxygen atoms in total. The highest BCUT2D eigenvalue weighted by atomic mass is 35.5. The number of halogens is 1. The molecule has 0 radical (unpaired) electrons. The van der Waals surface area contributed by atoms with Crippen molar-refractivity contribution in [2.75, 3.05) is 11.9 Å². The third-order valence-electron chi connectivity index (χ3n) is 3.10. The summed E-state index contributed by atoms with van der Waals surface area (Å²) in [4.78, 5) is 16.2. The van der Waals surface area contributed by atoms with E-state index in [0.29, 0.717) is 16.5 Å². The molecular formula is C17H13ClN2O2. The second-order valence-electron chi connectivity index (χ2n) is 4.65. The van der Waals surface area contributed by atoms with Gasteiger partial charge in [-0.1, -0.05) is 41.9 Å². The summed E-state index contributed by atoms with van der Waals surface area (Å²) >= 11 is 6.00. The molecule has 2 aromatic carbocycles. The SMILES string of the molecule is O=C(COc1cccc2cccnc12)Nc1ccccc1Cl. The second kappa shape index (κ2) is 6.45. The van der Waals surface area contributed by atoms with Gasteiger partial charge in [-0.25, -0.2) is 0 Å². The molecule has 1 heterocycles. The number of hydrogen-bond donors (Lipinski definition) is 1. The van der Waals surface area contributed by atoms with Gasteiger partial charge < -0.3 is 10.1 Å². The Morgan fingerprint density at radius 2 is 1.91 bits per heavy atom. The van der Waals surface area contributed by atoms with E-state index < -0.39 is 0 Å². The Morgan fingerprint density at radius 3 is 2.77 bits per heavy atom. The number of pyridine rings is 1. The number of hydrogen-bond acceptors (Lipinski definition) is 3. The fourth-order valence-electron chi connectivity index (χ4n) is 2.08. The van der Waals surface area contributed by atoms with Crippen LogP contribution in [0.1, 0.15) is 0 Å². The predicted molar refractivity (Wildman–Crippen MR) is 87.3 cm³/mol. The number of anilines is 1. The van der Waals surface area contributed by atoms with E-state index in [1.807, 2.05) is 24.3 Å². The molecule has 22 heavy (non-hydrogen) atoms. The lowest BCUT2D eigenvalue weighted by molar-refractivity contribution is -0.118. The summed E-state index contributed by atoms with van der Waals surface area (Å²) in [5, 5.41) is 4.17. The van der Waals surface area contributed by atoms with Crippen molar-refractivity contribution in [3.05, 3.63) is 65.8 Å². The molecule has 1 N–H and O–H groups in total. The van der Waals surface area contributed by atoms with Crippen LogP contribution in [0.15, 0.2) is 60.8 Å². The van der Waals surface area contributed by atoms with Crippen molar-refractivity contribution in [2.45, 2.75) is 0 Å². The minimum absolute atomic E-state index is 0.110. The average Bonchev–Trinajstić information content (AvgIpc) is 2.55. The maximum atomic E-state index is 12.0. The summed E-state index contributed by atoms with van der Waals surface area (Å²) in [5.41, 5.74) is 1.30. The van der Waals surface area contributed by atoms with Gasteiger partial charge in [0.15, 0.2) is 6.61 Å². The molecular weight excluding hydrogens is 300 g/mol. The van der Waals surface area contributed by atoms with E-state index in [4.69, 9.17) is 16.3 Å². The van der Waals surface area contributed by atoms with Crippen molar-refractivity contribution in [1.29, 1.82) is 0 Å². The Balaban J connectivity index is 1.69. The van der Waals surface area contributed by atoms with Gasteiger partial charge in [0.25, 0.3) is 5.91 Å². The second-order valence-corrected chi connectivity index (χ2v) is 5.06. The van der Waals surface area contributed by atoms with Gasteiger partial charge in [-0.2, -0.15) is 0 Å². The molecule has 0 fully saturated rings. The average molecular weight is 313 g/mol. The number of carbonyl (C=O) groups is 1. The smallest absolute Gasteiger partial charge is 0.262 e. The minimum Gasteiger partial charge on any atom is -0.481 e. The normalized spacial score (nSPS) is 10.4. The molecule has 0 bridgehead atoms. The fourth-order valence-corrected chi connectivity index (χ4v) is 2.27. The van der Waals surface area contributed by atoms with Crippen LogP contribution < -0.4 is 10.1 Å². The van der Waals surface area contributed by atoms with E-state index in [0.717, 1.165) is 10.9 Å². The van der Waals surface area contributed by atoms with Gasteiger partial charge in [-0.3, -0.25) is 9.78 Å². The molecule has 5 heteroatoms. The Morgan fingerprint density at radius 1 is 1.09 bits per heavy atom. The molecule has 0 aliphatic carbocycles. The molecule has 3 rings (SSSR count). The summed E-state index contributed by atoms with van der Waals surface area (Å²) in [6.45, 7) is -0.110. The van der Waals surface area contributed by atoms with Gasteiger partial charge in [0.2, 0.25) is 0 Å². The third kappa shape index (κ3) is 3.18. The van der Waals surface area contributed by atoms with Crippen molar-refractivity contribution in [2.24, 2.45) is 0 Å². The zero-order chi connectivity index (χ0) is 15.4. The van der Waals surface area contributed by atoms with Crippen LogP contribution in [0.5, 0.6) is 5.75 Å². The van der Waals surface area contributed by atoms with Crippen molar-refractivity contribution >= 4 is 34.1 Å². The number of nitrogens with one attached hydrogen (secondary N) is 1. The molecule has 0 aliphatic heterocycles. The van der Waals surface area contributed by atoms with Crippen LogP contribution in [0.25, 0.3) is 10.9 Å². The molecule has 3 aromatic rings. The summed E-state index contributed by atoms with van der Waals surface area (Å²) in [6, 6.07) is 16.5. The fraction of sp³-hybridized carbons (Fsp3) is 0.0588. The molecule has 0 aliphatic rings. The topological polar surface area (TPSA) is 51.2 Å². The molecule has 1 aromatic heterocycles. The van der Waals surface area contributed by atoms with E-state index in [-0.39, 0.29) is 12.5 Å². The van der Waals surface area contributed by atoms with Gasteiger partial charge in [-0.05, 0) is 24.3 Å². The number of rotatable bonds is 4. The molecule has 0 spiro atoms. The number of ether oxygens (including phenoxy) is 1. The van der Waals surface area contributed by atoms with Crippen LogP contribution in [0.2, 0.25) is 5.02 Å². The van der Waals surface area contributed by atoms with Gasteiger partial charge in [0.1, 0.15) is 11.3 Å². The predicted octanol–water partition coefficient (Wildman–Crippen LogP) is 3.91. The Kier molecular flexibility index (Phi) is 4.21. The first kappa shape index (κ1) is 14.4. The number of benzene rings is 2. The van der Waals surface area contributed by atoms with Gasteiger partial charge >= 0.3 is 0 Å². The summed E-state index contributed by atoms with van der Waals surface area (Å²) < 4.78 is 5.58. The molecule has 0 atom stereocenters. The monoisotopic (exact) mass is 312 g/mol. The number of nitrogens with zero attached hydrogens (tertiary/aromatic N) is 1. The van der Waals surface area contributed by atoms with E-state index in [1.54, 1.807) is 36.5 Å². The van der Waals surface area contributed by atoms with Gasteiger partial charge in [0, 0.05) is 11.6 Å². The zero-order valence-corrected chi connectivity index (χ0v) is 12.4. The number of fused-ring (bicyclic) bond motifs is 1. The highest BCUT2D eigenvalue weighted by molar-refractivity contribution is 6.33. The Hall–Kier alpha value is -2.59. The molecule has 0 unspecified atom stereocenters. The first-order valence-electron chi connectivity index (χ1n) is 6.75. The standard InChI is InChI=1S/C17H13ClN2O2/c18-13-7-1-2-8-14(13)20-16(21)11-22-15-9-3-5-12-6-4-10-19-17(12)15/h1-10H,11H2,(H,20,21). The molecule has 0 saturated carbocycles. The van der Waals surface area contributed by atoms with E-state index >= 15 is 0 Å². The number of amides is 1. The lowest BCUT2D eigenvalue weighted by Crippen LogP contribution is -2.20. The van der Waals surface area contributed by atoms with Crippen LogP contribution in [-0.4, -0.2) is 17.5 Å². The lowest BCUT2D eigenvalue weighted by Gasteiger charge is -2.10. The first-order valence-corrected chi connectivity index (χ1v) is 7.13. The maximum Gasteiger partial charge on any atom is 0.262 e. The minimum atomic E-state index is -0.277. The van der Waals surface area contributed by atoms with Crippen LogP contribution in [-0.2, 0) is 4.79 Å². The summed E-state index contributed by atoms with van der Waals surface area (Å²) in [5.74, 6) is 0.299. The lowest BCUT2D eigenvalue weighted by atomic mass is 10.2. The Bertz CT molecular complexity index is 815. The Labute approximate surface area is 132 Å². The van der Waals surface area contributed by atoms with Gasteiger partial charge in [-0.15, -0.1) is 0 Å². The molecule has 0 saturated heterocycles. The van der Waals surface area contributed by atoms with E-state index in [2.05, 4.69) is 10.3 Å². The number of para-hydroxylation sites is 2. The molecule has 110 valence electrons.